The van der Waals surface area contributed by atoms with Crippen LogP contribution in [0.25, 0.3) is 0 Å². The highest BCUT2D eigenvalue weighted by Gasteiger charge is 2.19. The fraction of sp³-hybridized carbons (Fsp3) is 0.455. The van der Waals surface area contributed by atoms with Crippen molar-refractivity contribution in [2.45, 2.75) is 31.2 Å². The lowest BCUT2D eigenvalue weighted by molar-refractivity contribution is 0.497. The first-order chi connectivity index (χ1) is 7.62. The molecule has 3 N–H and O–H groups in total. The maximum atomic E-state index is 13.3. The molecule has 0 saturated heterocycles. The van der Waals surface area contributed by atoms with Gasteiger partial charge in [-0.1, -0.05) is 6.07 Å². The van der Waals surface area contributed by atoms with Gasteiger partial charge in [0.05, 0.1) is 4.90 Å². The summed E-state index contributed by atoms with van der Waals surface area (Å²) in [5, 5.41) is 0. The molecule has 1 aromatic rings. The minimum absolute atomic E-state index is 0.0881. The van der Waals surface area contributed by atoms with Crippen molar-refractivity contribution in [1.82, 2.24) is 4.72 Å². The van der Waals surface area contributed by atoms with Crippen molar-refractivity contribution in [3.8, 4) is 0 Å². The van der Waals surface area contributed by atoms with E-state index in [0.717, 1.165) is 6.07 Å². The summed E-state index contributed by atoms with van der Waals surface area (Å²) < 4.78 is 39.2. The van der Waals surface area contributed by atoms with Gasteiger partial charge in [-0.2, -0.15) is 0 Å². The van der Waals surface area contributed by atoms with Gasteiger partial charge in [0.25, 0.3) is 0 Å². The van der Waals surface area contributed by atoms with Gasteiger partial charge in [0.15, 0.2) is 0 Å². The zero-order valence-corrected chi connectivity index (χ0v) is 10.9. The lowest BCUT2D eigenvalue weighted by Crippen LogP contribution is -2.45. The van der Waals surface area contributed by atoms with Gasteiger partial charge < -0.3 is 5.73 Å². The Morgan fingerprint density at radius 1 is 1.41 bits per heavy atom. The first kappa shape index (κ1) is 14.1. The van der Waals surface area contributed by atoms with Crippen molar-refractivity contribution in [3.05, 3.63) is 29.6 Å². The second-order valence-electron chi connectivity index (χ2n) is 4.72. The molecule has 0 atom stereocenters. The Morgan fingerprint density at radius 3 is 2.47 bits per heavy atom. The van der Waals surface area contributed by atoms with Gasteiger partial charge in [0.2, 0.25) is 10.0 Å². The van der Waals surface area contributed by atoms with Crippen LogP contribution >= 0.6 is 0 Å². The maximum absolute atomic E-state index is 13.3. The highest BCUT2D eigenvalue weighted by molar-refractivity contribution is 7.89. The van der Waals surface area contributed by atoms with E-state index >= 15 is 0 Å². The Hall–Kier alpha value is -0.980. The number of benzene rings is 1. The largest absolute Gasteiger partial charge is 0.324 e. The molecule has 0 aliphatic carbocycles. The molecule has 0 fully saturated rings. The highest BCUT2D eigenvalue weighted by Crippen LogP contribution is 2.14. The van der Waals surface area contributed by atoms with Gasteiger partial charge in [-0.15, -0.1) is 0 Å². The molecule has 0 aromatic heterocycles. The van der Waals surface area contributed by atoms with Crippen LogP contribution in [0.2, 0.25) is 0 Å². The van der Waals surface area contributed by atoms with E-state index in [2.05, 4.69) is 4.72 Å². The Balaban J connectivity index is 2.94. The first-order valence-electron chi connectivity index (χ1n) is 5.16. The summed E-state index contributed by atoms with van der Waals surface area (Å²) in [6.07, 6.45) is 0. The molecule has 1 rings (SSSR count). The minimum atomic E-state index is -3.70. The topological polar surface area (TPSA) is 72.2 Å². The van der Waals surface area contributed by atoms with Crippen LogP contribution in [-0.2, 0) is 10.0 Å². The van der Waals surface area contributed by atoms with E-state index in [1.165, 1.54) is 12.1 Å². The lowest BCUT2D eigenvalue weighted by Gasteiger charge is -2.19. The van der Waals surface area contributed by atoms with Gasteiger partial charge in [-0.25, -0.2) is 17.5 Å². The number of nitrogens with two attached hydrogens (primary N) is 1. The Kier molecular flexibility index (Phi) is 3.91. The zero-order chi connectivity index (χ0) is 13.3. The summed E-state index contributed by atoms with van der Waals surface area (Å²) in [7, 11) is -3.70. The van der Waals surface area contributed by atoms with Crippen LogP contribution in [0, 0.1) is 12.7 Å². The molecule has 6 heteroatoms. The molecule has 17 heavy (non-hydrogen) atoms. The molecular weight excluding hydrogens is 243 g/mol. The molecule has 1 aromatic carbocycles. The summed E-state index contributed by atoms with van der Waals surface area (Å²) in [6, 6.07) is 3.79. The smallest absolute Gasteiger partial charge is 0.240 e. The lowest BCUT2D eigenvalue weighted by atomic mass is 10.1. The number of nitrogens with one attached hydrogen (secondary N) is 1. The number of rotatable bonds is 4. The molecule has 0 aliphatic heterocycles. The second kappa shape index (κ2) is 4.72. The van der Waals surface area contributed by atoms with Crippen molar-refractivity contribution >= 4 is 10.0 Å². The SMILES string of the molecule is Cc1ccc(S(=O)(=O)NCC(C)(C)N)cc1F. The molecule has 0 aliphatic rings. The average molecular weight is 260 g/mol. The third kappa shape index (κ3) is 4.07. The summed E-state index contributed by atoms with van der Waals surface area (Å²) in [5.41, 5.74) is 5.42. The fourth-order valence-corrected chi connectivity index (χ4v) is 2.34. The van der Waals surface area contributed by atoms with Gasteiger partial charge >= 0.3 is 0 Å². The van der Waals surface area contributed by atoms with Crippen LogP contribution in [0.3, 0.4) is 0 Å². The average Bonchev–Trinajstić information content (AvgIpc) is 2.18. The van der Waals surface area contributed by atoms with Gasteiger partial charge in [0, 0.05) is 12.1 Å². The Bertz CT molecular complexity index is 507. The molecule has 0 amide bonds. The van der Waals surface area contributed by atoms with E-state index in [4.69, 9.17) is 5.73 Å². The predicted octanol–water partition coefficient (Wildman–Crippen LogP) is 1.15. The standard InChI is InChI=1S/C11H17FN2O2S/c1-8-4-5-9(6-10(8)12)17(15,16)14-7-11(2,3)13/h4-6,14H,7,13H2,1-3H3. The van der Waals surface area contributed by atoms with Gasteiger partial charge in [0.1, 0.15) is 5.82 Å². The molecule has 0 radical (unpaired) electrons. The van der Waals surface area contributed by atoms with Crippen LogP contribution in [-0.4, -0.2) is 20.5 Å². The predicted molar refractivity (Wildman–Crippen MR) is 64.6 cm³/mol. The molecule has 0 saturated carbocycles. The van der Waals surface area contributed by atoms with E-state index in [1.54, 1.807) is 20.8 Å². The normalized spacial score (nSPS) is 12.8. The van der Waals surface area contributed by atoms with E-state index in [9.17, 15) is 12.8 Å². The third-order valence-corrected chi connectivity index (χ3v) is 3.57. The van der Waals surface area contributed by atoms with Crippen molar-refractivity contribution in [3.63, 3.8) is 0 Å². The zero-order valence-electron chi connectivity index (χ0n) is 10.1. The molecule has 0 unspecified atom stereocenters. The van der Waals surface area contributed by atoms with Crippen LogP contribution in [0.15, 0.2) is 23.1 Å². The third-order valence-electron chi connectivity index (χ3n) is 2.17. The molecule has 96 valence electrons. The number of hydrogen-bond donors (Lipinski definition) is 2. The molecule has 0 bridgehead atoms. The molecule has 0 heterocycles. The fourth-order valence-electron chi connectivity index (χ4n) is 1.11. The van der Waals surface area contributed by atoms with E-state index in [1.807, 2.05) is 0 Å². The number of hydrogen-bond acceptors (Lipinski definition) is 3. The van der Waals surface area contributed by atoms with Crippen molar-refractivity contribution in [1.29, 1.82) is 0 Å². The van der Waals surface area contributed by atoms with E-state index in [-0.39, 0.29) is 11.4 Å². The number of halogens is 1. The molecule has 4 nitrogen and oxygen atoms in total. The van der Waals surface area contributed by atoms with Crippen molar-refractivity contribution in [2.24, 2.45) is 5.73 Å². The summed E-state index contributed by atoms with van der Waals surface area (Å²) in [6.45, 7) is 5.06. The molecule has 0 spiro atoms. The Morgan fingerprint density at radius 2 is 2.00 bits per heavy atom. The Labute approximate surface area is 101 Å². The monoisotopic (exact) mass is 260 g/mol. The molecular formula is C11H17FN2O2S. The van der Waals surface area contributed by atoms with Gasteiger partial charge in [-0.05, 0) is 38.5 Å². The van der Waals surface area contributed by atoms with E-state index in [0.29, 0.717) is 5.56 Å². The number of sulfonamides is 1. The van der Waals surface area contributed by atoms with Crippen LogP contribution < -0.4 is 10.5 Å². The van der Waals surface area contributed by atoms with E-state index < -0.39 is 21.4 Å². The first-order valence-corrected chi connectivity index (χ1v) is 6.65. The number of aryl methyl sites for hydroxylation is 1. The minimum Gasteiger partial charge on any atom is -0.324 e. The van der Waals surface area contributed by atoms with Crippen LogP contribution in [0.1, 0.15) is 19.4 Å². The second-order valence-corrected chi connectivity index (χ2v) is 6.49. The van der Waals surface area contributed by atoms with Crippen LogP contribution in [0.4, 0.5) is 4.39 Å². The summed E-state index contributed by atoms with van der Waals surface area (Å²) >= 11 is 0. The maximum Gasteiger partial charge on any atom is 0.240 e. The summed E-state index contributed by atoms with van der Waals surface area (Å²) in [5.74, 6) is -0.542. The summed E-state index contributed by atoms with van der Waals surface area (Å²) in [4.78, 5) is -0.0927. The highest BCUT2D eigenvalue weighted by atomic mass is 32.2. The quantitative estimate of drug-likeness (QED) is 0.853. The van der Waals surface area contributed by atoms with Crippen molar-refractivity contribution < 1.29 is 12.8 Å². The van der Waals surface area contributed by atoms with Gasteiger partial charge in [-0.3, -0.25) is 0 Å². The van der Waals surface area contributed by atoms with Crippen LogP contribution in [0.5, 0.6) is 0 Å². The van der Waals surface area contributed by atoms with Crippen molar-refractivity contribution in [2.75, 3.05) is 6.54 Å².